The summed E-state index contributed by atoms with van der Waals surface area (Å²) in [6.07, 6.45) is 1.73. The molecule has 2 unspecified atom stereocenters. The first kappa shape index (κ1) is 16.3. The van der Waals surface area contributed by atoms with E-state index in [1.54, 1.807) is 6.07 Å². The number of hydrogen-bond donors (Lipinski definition) is 1. The van der Waals surface area contributed by atoms with Crippen molar-refractivity contribution in [3.63, 3.8) is 0 Å². The van der Waals surface area contributed by atoms with Gasteiger partial charge in [-0.3, -0.25) is 9.52 Å². The molecular weight excluding hydrogens is 358 g/mol. The molecule has 0 amide bonds. The van der Waals surface area contributed by atoms with Crippen LogP contribution in [0.15, 0.2) is 22.7 Å². The van der Waals surface area contributed by atoms with Crippen molar-refractivity contribution in [1.29, 1.82) is 0 Å². The van der Waals surface area contributed by atoms with Crippen LogP contribution < -0.4 is 4.72 Å². The topological polar surface area (TPSA) is 72.5 Å². The van der Waals surface area contributed by atoms with Crippen molar-refractivity contribution in [2.24, 2.45) is 5.92 Å². The highest BCUT2D eigenvalue weighted by atomic mass is 79.9. The van der Waals surface area contributed by atoms with E-state index < -0.39 is 27.2 Å². The van der Waals surface area contributed by atoms with E-state index in [0.717, 1.165) is 5.56 Å². The van der Waals surface area contributed by atoms with Gasteiger partial charge in [-0.05, 0) is 53.4 Å². The summed E-state index contributed by atoms with van der Waals surface area (Å²) in [6, 6.07) is 5.37. The van der Waals surface area contributed by atoms with Crippen LogP contribution in [0.2, 0.25) is 0 Å². The number of anilines is 1. The zero-order chi connectivity index (χ0) is 15.6. The predicted octanol–water partition coefficient (Wildman–Crippen LogP) is 2.84. The van der Waals surface area contributed by atoms with E-state index in [9.17, 15) is 13.2 Å². The van der Waals surface area contributed by atoms with Crippen molar-refractivity contribution in [3.8, 4) is 0 Å². The molecule has 0 radical (unpaired) electrons. The van der Waals surface area contributed by atoms with E-state index >= 15 is 0 Å². The molecule has 0 aliphatic heterocycles. The number of rotatable bonds is 4. The molecule has 0 bridgehead atoms. The summed E-state index contributed by atoms with van der Waals surface area (Å²) in [6.45, 7) is 1.92. The third kappa shape index (κ3) is 3.58. The van der Waals surface area contributed by atoms with E-state index in [-0.39, 0.29) is 0 Å². The third-order valence-electron chi connectivity index (χ3n) is 3.73. The molecule has 1 aliphatic rings. The first-order valence-corrected chi connectivity index (χ1v) is 9.04. The summed E-state index contributed by atoms with van der Waals surface area (Å²) in [5, 5.41) is -0.738. The molecule has 116 valence electrons. The van der Waals surface area contributed by atoms with E-state index in [1.165, 1.54) is 7.11 Å². The summed E-state index contributed by atoms with van der Waals surface area (Å²) >= 11 is 3.35. The third-order valence-corrected chi connectivity index (χ3v) is 6.25. The van der Waals surface area contributed by atoms with Gasteiger partial charge in [0.05, 0.1) is 24.0 Å². The predicted molar refractivity (Wildman–Crippen MR) is 84.6 cm³/mol. The number of hydrogen-bond acceptors (Lipinski definition) is 4. The number of benzene rings is 1. The lowest BCUT2D eigenvalue weighted by molar-refractivity contribution is -0.145. The maximum Gasteiger partial charge on any atom is 0.310 e. The molecule has 1 N–H and O–H groups in total. The zero-order valence-corrected chi connectivity index (χ0v) is 14.3. The Kier molecular flexibility index (Phi) is 4.93. The van der Waals surface area contributed by atoms with Crippen LogP contribution >= 0.6 is 15.9 Å². The van der Waals surface area contributed by atoms with Gasteiger partial charge >= 0.3 is 5.97 Å². The molecule has 1 aromatic rings. The Morgan fingerprint density at radius 3 is 2.71 bits per heavy atom. The smallest absolute Gasteiger partial charge is 0.310 e. The molecule has 0 spiro atoms. The number of nitrogens with one attached hydrogen (secondary N) is 1. The maximum absolute atomic E-state index is 12.5. The molecule has 5 nitrogen and oxygen atoms in total. The van der Waals surface area contributed by atoms with Crippen LogP contribution in [0.3, 0.4) is 0 Å². The fourth-order valence-corrected chi connectivity index (χ4v) is 5.17. The van der Waals surface area contributed by atoms with Gasteiger partial charge < -0.3 is 4.74 Å². The number of aryl methyl sites for hydroxylation is 1. The number of esters is 1. The lowest BCUT2D eigenvalue weighted by Gasteiger charge is -2.19. The average Bonchev–Trinajstić information content (AvgIpc) is 2.91. The van der Waals surface area contributed by atoms with Crippen molar-refractivity contribution in [1.82, 2.24) is 0 Å². The van der Waals surface area contributed by atoms with Crippen LogP contribution in [0.4, 0.5) is 5.69 Å². The Morgan fingerprint density at radius 2 is 2.10 bits per heavy atom. The molecule has 1 saturated carbocycles. The number of methoxy groups -OCH3 is 1. The van der Waals surface area contributed by atoms with Crippen LogP contribution in [0.1, 0.15) is 24.8 Å². The van der Waals surface area contributed by atoms with Gasteiger partial charge in [0.2, 0.25) is 10.0 Å². The summed E-state index contributed by atoms with van der Waals surface area (Å²) in [5.41, 5.74) is 1.51. The molecule has 1 aromatic carbocycles. The van der Waals surface area contributed by atoms with Crippen molar-refractivity contribution in [2.45, 2.75) is 31.4 Å². The van der Waals surface area contributed by atoms with E-state index in [2.05, 4.69) is 20.7 Å². The molecule has 7 heteroatoms. The van der Waals surface area contributed by atoms with Crippen LogP contribution in [-0.2, 0) is 19.6 Å². The zero-order valence-electron chi connectivity index (χ0n) is 11.9. The number of carbonyl (C=O) groups excluding carboxylic acids is 1. The summed E-state index contributed by atoms with van der Waals surface area (Å²) < 4.78 is 33.0. The maximum atomic E-state index is 12.5. The van der Waals surface area contributed by atoms with Gasteiger partial charge in [0, 0.05) is 4.47 Å². The molecular formula is C14H18BrNO4S. The number of halogens is 1. The normalized spacial score (nSPS) is 22.0. The first-order valence-electron chi connectivity index (χ1n) is 6.71. The Morgan fingerprint density at radius 1 is 1.38 bits per heavy atom. The fourth-order valence-electron chi connectivity index (χ4n) is 2.65. The van der Waals surface area contributed by atoms with E-state index in [4.69, 9.17) is 4.74 Å². The summed E-state index contributed by atoms with van der Waals surface area (Å²) in [5.74, 6) is -1.04. The largest absolute Gasteiger partial charge is 0.469 e. The minimum absolute atomic E-state index is 0.453. The highest BCUT2D eigenvalue weighted by Gasteiger charge is 2.42. The Bertz CT molecular complexity index is 644. The van der Waals surface area contributed by atoms with Crippen molar-refractivity contribution in [2.75, 3.05) is 11.8 Å². The Hall–Kier alpha value is -1.08. The lowest BCUT2D eigenvalue weighted by Crippen LogP contribution is -2.35. The van der Waals surface area contributed by atoms with Gasteiger partial charge in [0.15, 0.2) is 0 Å². The Labute approximate surface area is 133 Å². The Balaban J connectivity index is 2.23. The van der Waals surface area contributed by atoms with Gasteiger partial charge in [-0.2, -0.15) is 0 Å². The number of sulfonamides is 1. The molecule has 1 fully saturated rings. The molecule has 0 aromatic heterocycles. The molecule has 1 aliphatic carbocycles. The second-order valence-electron chi connectivity index (χ2n) is 5.23. The minimum Gasteiger partial charge on any atom is -0.469 e. The number of carbonyl (C=O) groups is 1. The fraction of sp³-hybridized carbons (Fsp3) is 0.500. The van der Waals surface area contributed by atoms with Gasteiger partial charge in [0.25, 0.3) is 0 Å². The highest BCUT2D eigenvalue weighted by Crippen LogP contribution is 2.34. The van der Waals surface area contributed by atoms with Crippen molar-refractivity contribution < 1.29 is 17.9 Å². The monoisotopic (exact) mass is 375 g/mol. The van der Waals surface area contributed by atoms with Gasteiger partial charge in [0.1, 0.15) is 0 Å². The SMILES string of the molecule is COC(=O)C1CCCC1S(=O)(=O)Nc1ccc(C)cc1Br. The van der Waals surface area contributed by atoms with Gasteiger partial charge in [-0.25, -0.2) is 8.42 Å². The molecule has 0 saturated heterocycles. The van der Waals surface area contributed by atoms with Gasteiger partial charge in [-0.1, -0.05) is 12.5 Å². The van der Waals surface area contributed by atoms with Crippen LogP contribution in [0.25, 0.3) is 0 Å². The molecule has 21 heavy (non-hydrogen) atoms. The molecule has 2 rings (SSSR count). The lowest BCUT2D eigenvalue weighted by atomic mass is 10.1. The van der Waals surface area contributed by atoms with Crippen LogP contribution in [-0.4, -0.2) is 26.7 Å². The van der Waals surface area contributed by atoms with Crippen LogP contribution in [0, 0.1) is 12.8 Å². The van der Waals surface area contributed by atoms with E-state index in [1.807, 2.05) is 19.1 Å². The minimum atomic E-state index is -3.63. The van der Waals surface area contributed by atoms with Crippen molar-refractivity contribution >= 4 is 37.6 Å². The van der Waals surface area contributed by atoms with E-state index in [0.29, 0.717) is 29.4 Å². The first-order chi connectivity index (χ1) is 9.85. The molecule has 0 heterocycles. The molecule has 2 atom stereocenters. The summed E-state index contributed by atoms with van der Waals surface area (Å²) in [4.78, 5) is 11.7. The van der Waals surface area contributed by atoms with Gasteiger partial charge in [-0.15, -0.1) is 0 Å². The second kappa shape index (κ2) is 6.36. The summed E-state index contributed by atoms with van der Waals surface area (Å²) in [7, 11) is -2.35. The second-order valence-corrected chi connectivity index (χ2v) is 7.98. The number of ether oxygens (including phenoxy) is 1. The standard InChI is InChI=1S/C14H18BrNO4S/c1-9-6-7-12(11(15)8-9)16-21(18,19)13-5-3-4-10(13)14(17)20-2/h6-8,10,13,16H,3-5H2,1-2H3. The highest BCUT2D eigenvalue weighted by molar-refractivity contribution is 9.10. The average molecular weight is 376 g/mol. The van der Waals surface area contributed by atoms with Crippen LogP contribution in [0.5, 0.6) is 0 Å². The van der Waals surface area contributed by atoms with Crippen molar-refractivity contribution in [3.05, 3.63) is 28.2 Å². The quantitative estimate of drug-likeness (QED) is 0.821.